The fourth-order valence-electron chi connectivity index (χ4n) is 5.39. The summed E-state index contributed by atoms with van der Waals surface area (Å²) in [6.07, 6.45) is 6.79. The molecule has 1 fully saturated rings. The number of pyridine rings is 1. The molecule has 1 atom stereocenters. The van der Waals surface area contributed by atoms with Gasteiger partial charge in [-0.15, -0.1) is 0 Å². The van der Waals surface area contributed by atoms with Crippen molar-refractivity contribution in [3.05, 3.63) is 47.3 Å². The third-order valence-electron chi connectivity index (χ3n) is 7.77. The first-order valence-corrected chi connectivity index (χ1v) is 13.3. The number of likely N-dealkylation sites (tertiary alicyclic amines) is 1. The Hall–Kier alpha value is -2.80. The van der Waals surface area contributed by atoms with Crippen molar-refractivity contribution >= 4 is 17.0 Å². The third-order valence-corrected chi connectivity index (χ3v) is 7.77. The Morgan fingerprint density at radius 1 is 1.03 bits per heavy atom. The molecule has 2 aliphatic rings. The van der Waals surface area contributed by atoms with Crippen LogP contribution < -0.4 is 15.8 Å². The van der Waals surface area contributed by atoms with E-state index in [0.29, 0.717) is 18.5 Å². The second-order valence-electron chi connectivity index (χ2n) is 10.6. The minimum Gasteiger partial charge on any atom is -0.495 e. The predicted octanol–water partition coefficient (Wildman–Crippen LogP) is 0.928. The van der Waals surface area contributed by atoms with Crippen molar-refractivity contribution in [2.24, 2.45) is 11.7 Å². The highest BCUT2D eigenvalue weighted by Crippen LogP contribution is 2.30. The van der Waals surface area contributed by atoms with Crippen LogP contribution >= 0.6 is 0 Å². The lowest BCUT2D eigenvalue weighted by molar-refractivity contribution is 0.194. The fourth-order valence-corrected chi connectivity index (χ4v) is 5.39. The van der Waals surface area contributed by atoms with Crippen molar-refractivity contribution in [2.75, 3.05) is 32.1 Å². The summed E-state index contributed by atoms with van der Waals surface area (Å²) < 4.78 is 8.06. The maximum absolute atomic E-state index is 6.32. The average Bonchev–Trinajstić information content (AvgIpc) is 3.21. The standard InChI is InChI=1S/C28H40N6O.4H2O/c1-19(2)22(29)17-33-14-12-21(13-15-33)30-28-32-24-10-6-7-11-26(24)34(28)18-25-27(35-3)16-20-8-4-5-9-23(20)31-25;;;;/h6-7,10-11,16,19,21-22H,4-5,8-9,12-15,17-18,29H2,1-3H3,(H,30,32);4*1H2. The molecule has 1 unspecified atom stereocenters. The molecule has 11 nitrogen and oxygen atoms in total. The number of piperidine rings is 1. The number of imidazole rings is 1. The number of ether oxygens (including phenoxy) is 1. The number of nitrogens with zero attached hydrogens (tertiary/aromatic N) is 4. The number of methoxy groups -OCH3 is 1. The maximum atomic E-state index is 6.32. The van der Waals surface area contributed by atoms with Gasteiger partial charge in [-0.3, -0.25) is 4.98 Å². The molecule has 1 aliphatic carbocycles. The van der Waals surface area contributed by atoms with Crippen LogP contribution in [0.4, 0.5) is 5.95 Å². The Labute approximate surface area is 231 Å². The molecule has 2 aromatic heterocycles. The minimum atomic E-state index is 0. The van der Waals surface area contributed by atoms with E-state index in [0.717, 1.165) is 73.7 Å². The molecule has 220 valence electrons. The molecule has 5 rings (SSSR count). The topological polar surface area (TPSA) is 207 Å². The van der Waals surface area contributed by atoms with Crippen molar-refractivity contribution in [2.45, 2.75) is 71.0 Å². The van der Waals surface area contributed by atoms with Crippen LogP contribution in [0.2, 0.25) is 0 Å². The number of benzene rings is 1. The first-order chi connectivity index (χ1) is 17.0. The molecule has 0 spiro atoms. The second kappa shape index (κ2) is 15.1. The largest absolute Gasteiger partial charge is 0.495 e. The van der Waals surface area contributed by atoms with Gasteiger partial charge in [-0.1, -0.05) is 26.0 Å². The SMILES string of the molecule is COc1cc2c(nc1Cn1c(NC3CCN(CC(N)C(C)C)CC3)nc3ccccc31)CCCC2.O.O.O.O. The van der Waals surface area contributed by atoms with E-state index in [2.05, 4.69) is 59.0 Å². The summed E-state index contributed by atoms with van der Waals surface area (Å²) in [5.41, 5.74) is 12.0. The van der Waals surface area contributed by atoms with Crippen molar-refractivity contribution < 1.29 is 26.6 Å². The number of hydrogen-bond donors (Lipinski definition) is 2. The third kappa shape index (κ3) is 7.65. The van der Waals surface area contributed by atoms with Crippen LogP contribution in [0.25, 0.3) is 11.0 Å². The van der Waals surface area contributed by atoms with Gasteiger partial charge in [-0.2, -0.15) is 0 Å². The summed E-state index contributed by atoms with van der Waals surface area (Å²) in [5, 5.41) is 3.78. The fraction of sp³-hybridized carbons (Fsp3) is 0.571. The molecule has 1 aromatic carbocycles. The van der Waals surface area contributed by atoms with Crippen LogP contribution in [0.1, 0.15) is 56.5 Å². The highest BCUT2D eigenvalue weighted by molar-refractivity contribution is 5.78. The Morgan fingerprint density at radius 3 is 2.41 bits per heavy atom. The monoisotopic (exact) mass is 548 g/mol. The van der Waals surface area contributed by atoms with Crippen LogP contribution in [0.3, 0.4) is 0 Å². The van der Waals surface area contributed by atoms with Crippen LogP contribution in [0, 0.1) is 5.92 Å². The molecule has 1 saturated heterocycles. The van der Waals surface area contributed by atoms with E-state index in [-0.39, 0.29) is 27.9 Å². The van der Waals surface area contributed by atoms with E-state index in [1.807, 2.05) is 0 Å². The number of anilines is 1. The van der Waals surface area contributed by atoms with E-state index >= 15 is 0 Å². The zero-order chi connectivity index (χ0) is 24.4. The van der Waals surface area contributed by atoms with Gasteiger partial charge >= 0.3 is 0 Å². The van der Waals surface area contributed by atoms with Gasteiger partial charge in [0.1, 0.15) is 11.4 Å². The number of aromatic nitrogens is 3. The van der Waals surface area contributed by atoms with Crippen molar-refractivity contribution in [1.29, 1.82) is 0 Å². The van der Waals surface area contributed by atoms with Crippen LogP contribution in [0.5, 0.6) is 5.75 Å². The molecule has 3 heterocycles. The van der Waals surface area contributed by atoms with Crippen molar-refractivity contribution in [3.63, 3.8) is 0 Å². The average molecular weight is 549 g/mol. The molecule has 11 heteroatoms. The quantitative estimate of drug-likeness (QED) is 0.418. The molecule has 0 radical (unpaired) electrons. The van der Waals surface area contributed by atoms with E-state index in [9.17, 15) is 0 Å². The number of nitrogens with one attached hydrogen (secondary N) is 1. The Bertz CT molecular complexity index is 1160. The lowest BCUT2D eigenvalue weighted by Gasteiger charge is -2.34. The van der Waals surface area contributed by atoms with Crippen LogP contribution in [0.15, 0.2) is 30.3 Å². The summed E-state index contributed by atoms with van der Waals surface area (Å²) in [4.78, 5) is 12.6. The van der Waals surface area contributed by atoms with Gasteiger partial charge in [-0.05, 0) is 68.2 Å². The normalized spacial score (nSPS) is 16.2. The molecule has 39 heavy (non-hydrogen) atoms. The molecule has 11 N–H and O–H groups in total. The first-order valence-electron chi connectivity index (χ1n) is 13.3. The molecule has 0 amide bonds. The minimum absolute atomic E-state index is 0. The number of aryl methyl sites for hydroxylation is 2. The summed E-state index contributed by atoms with van der Waals surface area (Å²) in [7, 11) is 1.75. The van der Waals surface area contributed by atoms with Gasteiger partial charge in [0.25, 0.3) is 0 Å². The van der Waals surface area contributed by atoms with Crippen molar-refractivity contribution in [1.82, 2.24) is 19.4 Å². The summed E-state index contributed by atoms with van der Waals surface area (Å²) >= 11 is 0. The Morgan fingerprint density at radius 2 is 1.72 bits per heavy atom. The molecule has 0 bridgehead atoms. The number of hydrogen-bond acceptors (Lipinski definition) is 6. The lowest BCUT2D eigenvalue weighted by atomic mass is 9.95. The second-order valence-corrected chi connectivity index (χ2v) is 10.6. The lowest BCUT2D eigenvalue weighted by Crippen LogP contribution is -2.46. The van der Waals surface area contributed by atoms with Gasteiger partial charge in [0, 0.05) is 37.4 Å². The molecule has 3 aromatic rings. The van der Waals surface area contributed by atoms with Gasteiger partial charge in [0.15, 0.2) is 0 Å². The van der Waals surface area contributed by atoms with Crippen LogP contribution in [-0.4, -0.2) is 80.2 Å². The molecule has 0 saturated carbocycles. The zero-order valence-electron chi connectivity index (χ0n) is 23.5. The van der Waals surface area contributed by atoms with E-state index < -0.39 is 0 Å². The van der Waals surface area contributed by atoms with Gasteiger partial charge < -0.3 is 47.2 Å². The number of rotatable bonds is 8. The smallest absolute Gasteiger partial charge is 0.204 e. The van der Waals surface area contributed by atoms with E-state index in [1.54, 1.807) is 7.11 Å². The molecular formula is C28H48N6O5. The number of fused-ring (bicyclic) bond motifs is 2. The Balaban J connectivity index is 0.00000190. The van der Waals surface area contributed by atoms with Gasteiger partial charge in [0.05, 0.1) is 24.7 Å². The number of nitrogens with two attached hydrogens (primary N) is 1. The zero-order valence-corrected chi connectivity index (χ0v) is 23.5. The summed E-state index contributed by atoms with van der Waals surface area (Å²) in [6, 6.07) is 11.2. The number of para-hydroxylation sites is 2. The summed E-state index contributed by atoms with van der Waals surface area (Å²) in [6.45, 7) is 8.16. The first kappa shape index (κ1) is 34.2. The van der Waals surface area contributed by atoms with E-state index in [1.165, 1.54) is 24.1 Å². The van der Waals surface area contributed by atoms with Gasteiger partial charge in [-0.25, -0.2) is 4.98 Å². The maximum Gasteiger partial charge on any atom is 0.204 e. The summed E-state index contributed by atoms with van der Waals surface area (Å²) in [5.74, 6) is 2.31. The Kier molecular flexibility index (Phi) is 13.3. The van der Waals surface area contributed by atoms with Gasteiger partial charge in [0.2, 0.25) is 5.95 Å². The molecule has 1 aliphatic heterocycles. The van der Waals surface area contributed by atoms with Crippen molar-refractivity contribution in [3.8, 4) is 5.75 Å². The van der Waals surface area contributed by atoms with Crippen LogP contribution in [-0.2, 0) is 19.4 Å². The highest BCUT2D eigenvalue weighted by Gasteiger charge is 2.24. The molecular weight excluding hydrogens is 500 g/mol. The van der Waals surface area contributed by atoms with E-state index in [4.69, 9.17) is 20.4 Å². The predicted molar refractivity (Wildman–Crippen MR) is 157 cm³/mol. The highest BCUT2D eigenvalue weighted by atomic mass is 16.5.